The summed E-state index contributed by atoms with van der Waals surface area (Å²) in [4.78, 5) is 28.7. The van der Waals surface area contributed by atoms with Gasteiger partial charge >= 0.3 is 5.97 Å². The third-order valence-electron chi connectivity index (χ3n) is 3.42. The number of hydrogen-bond acceptors (Lipinski definition) is 4. The Labute approximate surface area is 136 Å². The zero-order valence-corrected chi connectivity index (χ0v) is 13.1. The zero-order chi connectivity index (χ0) is 16.4. The number of esters is 1. The average Bonchev–Trinajstić information content (AvgIpc) is 2.96. The summed E-state index contributed by atoms with van der Waals surface area (Å²) in [5, 5.41) is 2.82. The Morgan fingerprint density at radius 1 is 1.35 bits per heavy atom. The molecule has 0 saturated heterocycles. The number of carbonyl (C=O) groups excluding carboxylic acids is 1. The number of aromatic amines is 1. The molecule has 1 N–H and O–H groups in total. The standard InChI is InChI=1S/C16H14ClN3O3/c1-2-23-16(22)12-9-18-20-14(12)19-13(17)11(15(20)21)8-10-6-4-3-5-7-10/h3-7,9,18H,2,8H2,1H3. The fraction of sp³-hybridized carbons (Fsp3) is 0.188. The lowest BCUT2D eigenvalue weighted by atomic mass is 10.1. The molecule has 3 rings (SSSR count). The first kappa shape index (κ1) is 15.3. The maximum absolute atomic E-state index is 12.6. The van der Waals surface area contributed by atoms with Crippen molar-refractivity contribution in [2.24, 2.45) is 0 Å². The normalized spacial score (nSPS) is 10.9. The SMILES string of the molecule is CCOC(=O)c1c[nH]n2c(=O)c(Cc3ccccc3)c(Cl)nc12. The number of nitrogens with one attached hydrogen (secondary N) is 1. The van der Waals surface area contributed by atoms with Crippen LogP contribution in [0.25, 0.3) is 5.65 Å². The first-order chi connectivity index (χ1) is 11.1. The molecule has 0 bridgehead atoms. The van der Waals surface area contributed by atoms with Crippen LogP contribution in [0.3, 0.4) is 0 Å². The van der Waals surface area contributed by atoms with Crippen LogP contribution in [0.15, 0.2) is 41.3 Å². The number of rotatable bonds is 4. The highest BCUT2D eigenvalue weighted by molar-refractivity contribution is 6.30. The molecular weight excluding hydrogens is 318 g/mol. The zero-order valence-electron chi connectivity index (χ0n) is 12.4. The largest absolute Gasteiger partial charge is 0.462 e. The van der Waals surface area contributed by atoms with Crippen molar-refractivity contribution in [3.63, 3.8) is 0 Å². The lowest BCUT2D eigenvalue weighted by Crippen LogP contribution is -2.21. The topological polar surface area (TPSA) is 76.5 Å². The lowest BCUT2D eigenvalue weighted by Gasteiger charge is -2.05. The minimum atomic E-state index is -0.551. The predicted octanol–water partition coefficient (Wildman–Crippen LogP) is 2.44. The van der Waals surface area contributed by atoms with Gasteiger partial charge in [-0.15, -0.1) is 0 Å². The fourth-order valence-corrected chi connectivity index (χ4v) is 2.56. The lowest BCUT2D eigenvalue weighted by molar-refractivity contribution is 0.0528. The number of benzene rings is 1. The van der Waals surface area contributed by atoms with E-state index in [1.807, 2.05) is 30.3 Å². The van der Waals surface area contributed by atoms with E-state index in [1.165, 1.54) is 10.7 Å². The number of H-pyrrole nitrogens is 1. The van der Waals surface area contributed by atoms with Gasteiger partial charge in [0.05, 0.1) is 12.2 Å². The van der Waals surface area contributed by atoms with Crippen molar-refractivity contribution in [1.29, 1.82) is 0 Å². The average molecular weight is 332 g/mol. The van der Waals surface area contributed by atoms with Crippen LogP contribution in [0.1, 0.15) is 28.4 Å². The van der Waals surface area contributed by atoms with Crippen molar-refractivity contribution < 1.29 is 9.53 Å². The second kappa shape index (κ2) is 6.26. The molecule has 2 heterocycles. The molecule has 0 unspecified atom stereocenters. The van der Waals surface area contributed by atoms with Crippen LogP contribution < -0.4 is 5.56 Å². The van der Waals surface area contributed by atoms with Gasteiger partial charge in [-0.1, -0.05) is 41.9 Å². The molecular formula is C16H14ClN3O3. The van der Waals surface area contributed by atoms with E-state index < -0.39 is 5.97 Å². The third kappa shape index (κ3) is 2.85. The minimum Gasteiger partial charge on any atom is -0.462 e. The quantitative estimate of drug-likeness (QED) is 0.588. The molecule has 0 radical (unpaired) electrons. The molecule has 0 aliphatic rings. The molecule has 0 saturated carbocycles. The number of ether oxygens (including phenoxy) is 1. The summed E-state index contributed by atoms with van der Waals surface area (Å²) in [7, 11) is 0. The first-order valence-corrected chi connectivity index (χ1v) is 7.49. The van der Waals surface area contributed by atoms with Gasteiger partial charge in [-0.3, -0.25) is 9.89 Å². The van der Waals surface area contributed by atoms with Crippen LogP contribution in [-0.2, 0) is 11.2 Å². The van der Waals surface area contributed by atoms with Gasteiger partial charge in [0.2, 0.25) is 0 Å². The van der Waals surface area contributed by atoms with E-state index in [2.05, 4.69) is 10.1 Å². The van der Waals surface area contributed by atoms with E-state index in [4.69, 9.17) is 16.3 Å². The summed E-state index contributed by atoms with van der Waals surface area (Å²) in [6.07, 6.45) is 1.76. The van der Waals surface area contributed by atoms with Gasteiger partial charge < -0.3 is 4.74 Å². The van der Waals surface area contributed by atoms with Crippen LogP contribution >= 0.6 is 11.6 Å². The number of aromatic nitrogens is 3. The summed E-state index contributed by atoms with van der Waals surface area (Å²) >= 11 is 6.18. The number of halogens is 1. The Morgan fingerprint density at radius 2 is 2.09 bits per heavy atom. The Kier molecular flexibility index (Phi) is 4.16. The molecule has 0 aliphatic carbocycles. The summed E-state index contributed by atoms with van der Waals surface area (Å²) in [5.74, 6) is -0.551. The molecule has 0 aliphatic heterocycles. The van der Waals surface area contributed by atoms with Crippen molar-refractivity contribution in [1.82, 2.24) is 14.6 Å². The summed E-state index contributed by atoms with van der Waals surface area (Å²) in [6, 6.07) is 9.49. The number of fused-ring (bicyclic) bond motifs is 1. The molecule has 7 heteroatoms. The Hall–Kier alpha value is -2.60. The maximum atomic E-state index is 12.6. The van der Waals surface area contributed by atoms with Crippen LogP contribution in [-0.4, -0.2) is 27.2 Å². The Bertz CT molecular complexity index is 915. The van der Waals surface area contributed by atoms with E-state index in [0.717, 1.165) is 5.56 Å². The van der Waals surface area contributed by atoms with Gasteiger partial charge in [0.1, 0.15) is 10.7 Å². The molecule has 0 spiro atoms. The predicted molar refractivity (Wildman–Crippen MR) is 86.0 cm³/mol. The molecule has 0 amide bonds. The monoisotopic (exact) mass is 331 g/mol. The van der Waals surface area contributed by atoms with Crippen LogP contribution in [0.2, 0.25) is 5.15 Å². The molecule has 6 nitrogen and oxygen atoms in total. The minimum absolute atomic E-state index is 0.0870. The maximum Gasteiger partial charge on any atom is 0.343 e. The summed E-state index contributed by atoms with van der Waals surface area (Å²) < 4.78 is 6.15. The van der Waals surface area contributed by atoms with Gasteiger partial charge in [-0.25, -0.2) is 14.3 Å². The number of nitrogens with zero attached hydrogens (tertiary/aromatic N) is 2. The molecule has 118 valence electrons. The van der Waals surface area contributed by atoms with Crippen molar-refractivity contribution in [2.75, 3.05) is 6.61 Å². The smallest absolute Gasteiger partial charge is 0.343 e. The molecule has 3 aromatic rings. The highest BCUT2D eigenvalue weighted by atomic mass is 35.5. The van der Waals surface area contributed by atoms with E-state index >= 15 is 0 Å². The summed E-state index contributed by atoms with van der Waals surface area (Å²) in [5.41, 5.74) is 1.32. The number of hydrogen-bond donors (Lipinski definition) is 1. The van der Waals surface area contributed by atoms with Crippen molar-refractivity contribution in [3.8, 4) is 0 Å². The summed E-state index contributed by atoms with van der Waals surface area (Å²) in [6.45, 7) is 1.94. The van der Waals surface area contributed by atoms with E-state index in [1.54, 1.807) is 6.92 Å². The Morgan fingerprint density at radius 3 is 2.78 bits per heavy atom. The Balaban J connectivity index is 2.09. The second-order valence-corrected chi connectivity index (χ2v) is 5.27. The molecule has 0 fully saturated rings. The third-order valence-corrected chi connectivity index (χ3v) is 3.74. The highest BCUT2D eigenvalue weighted by Crippen LogP contribution is 2.17. The number of carbonyl (C=O) groups is 1. The van der Waals surface area contributed by atoms with Crippen molar-refractivity contribution >= 4 is 23.2 Å². The van der Waals surface area contributed by atoms with Crippen LogP contribution in [0.4, 0.5) is 0 Å². The van der Waals surface area contributed by atoms with Gasteiger partial charge in [-0.05, 0) is 12.5 Å². The molecule has 0 atom stereocenters. The second-order valence-electron chi connectivity index (χ2n) is 4.92. The fourth-order valence-electron chi connectivity index (χ4n) is 2.33. The van der Waals surface area contributed by atoms with Gasteiger partial charge in [0, 0.05) is 12.6 Å². The molecule has 2 aromatic heterocycles. The molecule has 23 heavy (non-hydrogen) atoms. The molecule has 1 aromatic carbocycles. The van der Waals surface area contributed by atoms with Crippen molar-refractivity contribution in [3.05, 3.63) is 68.7 Å². The van der Waals surface area contributed by atoms with Gasteiger partial charge in [0.15, 0.2) is 5.65 Å². The van der Waals surface area contributed by atoms with E-state index in [0.29, 0.717) is 12.0 Å². The highest BCUT2D eigenvalue weighted by Gasteiger charge is 2.19. The first-order valence-electron chi connectivity index (χ1n) is 7.11. The van der Waals surface area contributed by atoms with E-state index in [9.17, 15) is 9.59 Å². The van der Waals surface area contributed by atoms with Crippen LogP contribution in [0.5, 0.6) is 0 Å². The van der Waals surface area contributed by atoms with Gasteiger partial charge in [-0.2, -0.15) is 0 Å². The van der Waals surface area contributed by atoms with Crippen molar-refractivity contribution in [2.45, 2.75) is 13.3 Å². The van der Waals surface area contributed by atoms with E-state index in [-0.39, 0.29) is 28.5 Å². The van der Waals surface area contributed by atoms with Crippen LogP contribution in [0, 0.1) is 0 Å². The van der Waals surface area contributed by atoms with Gasteiger partial charge in [0.25, 0.3) is 5.56 Å².